The van der Waals surface area contributed by atoms with Crippen molar-refractivity contribution in [1.29, 1.82) is 0 Å². The van der Waals surface area contributed by atoms with Crippen LogP contribution in [0.4, 0.5) is 0 Å². The lowest BCUT2D eigenvalue weighted by atomic mass is 10.4. The van der Waals surface area contributed by atoms with Crippen molar-refractivity contribution in [3.8, 4) is 0 Å². The maximum atomic E-state index is 11.4. The number of carbonyl (C=O) groups excluding carboxylic acids is 1. The topological polar surface area (TPSA) is 55.6 Å². The Kier molecular flexibility index (Phi) is 3.89. The van der Waals surface area contributed by atoms with Crippen LogP contribution in [0.25, 0.3) is 11.0 Å². The van der Waals surface area contributed by atoms with E-state index in [9.17, 15) is 4.79 Å². The lowest BCUT2D eigenvalue weighted by Gasteiger charge is -1.99. The summed E-state index contributed by atoms with van der Waals surface area (Å²) in [4.78, 5) is 16.5. The minimum Gasteiger partial charge on any atom is -0.383 e. The summed E-state index contributed by atoms with van der Waals surface area (Å²) in [6, 6.07) is 0. The van der Waals surface area contributed by atoms with Crippen molar-refractivity contribution in [3.63, 3.8) is 0 Å². The number of ether oxygens (including phenoxy) is 1. The van der Waals surface area contributed by atoms with Gasteiger partial charge in [-0.2, -0.15) is 0 Å². The van der Waals surface area contributed by atoms with Gasteiger partial charge < -0.3 is 10.1 Å². The van der Waals surface area contributed by atoms with Crippen LogP contribution in [0.5, 0.6) is 0 Å². The Balaban J connectivity index is 1.96. The molecule has 0 aliphatic rings. The van der Waals surface area contributed by atoms with Gasteiger partial charge in [-0.05, 0) is 6.08 Å². The number of hydrogen-bond donors (Lipinski definition) is 1. The van der Waals surface area contributed by atoms with Crippen molar-refractivity contribution < 1.29 is 9.53 Å². The van der Waals surface area contributed by atoms with E-state index >= 15 is 0 Å². The standard InChI is InChI=1S/C11H13N3O2S/c1-16-6-4-12-10(15)3-2-9-8-13-11-14(9)5-7-17-11/h2-3,5,7-8H,4,6H2,1H3,(H,12,15)/b3-2+. The van der Waals surface area contributed by atoms with E-state index in [0.29, 0.717) is 13.2 Å². The van der Waals surface area contributed by atoms with Gasteiger partial charge in [-0.25, -0.2) is 4.98 Å². The first-order valence-corrected chi connectivity index (χ1v) is 6.04. The normalized spacial score (nSPS) is 11.4. The Labute approximate surface area is 103 Å². The zero-order valence-electron chi connectivity index (χ0n) is 9.42. The van der Waals surface area contributed by atoms with Crippen LogP contribution in [0.2, 0.25) is 0 Å². The number of thiazole rings is 1. The van der Waals surface area contributed by atoms with Crippen LogP contribution in [0.15, 0.2) is 23.8 Å². The fourth-order valence-corrected chi connectivity index (χ4v) is 2.06. The van der Waals surface area contributed by atoms with Gasteiger partial charge in [0.15, 0.2) is 4.96 Å². The second kappa shape index (κ2) is 5.60. The van der Waals surface area contributed by atoms with E-state index in [1.165, 1.54) is 6.08 Å². The molecule has 0 aliphatic carbocycles. The first-order chi connectivity index (χ1) is 8.31. The summed E-state index contributed by atoms with van der Waals surface area (Å²) in [5, 5.41) is 4.67. The molecule has 2 rings (SSSR count). The number of imidazole rings is 1. The third kappa shape index (κ3) is 2.92. The molecule has 0 unspecified atom stereocenters. The summed E-state index contributed by atoms with van der Waals surface area (Å²) in [7, 11) is 1.60. The average molecular weight is 251 g/mol. The van der Waals surface area contributed by atoms with E-state index < -0.39 is 0 Å². The van der Waals surface area contributed by atoms with Gasteiger partial charge in [0.25, 0.3) is 0 Å². The maximum absolute atomic E-state index is 11.4. The van der Waals surface area contributed by atoms with Crippen molar-refractivity contribution in [2.75, 3.05) is 20.3 Å². The number of hydrogen-bond acceptors (Lipinski definition) is 4. The molecule has 90 valence electrons. The molecule has 0 saturated carbocycles. The van der Waals surface area contributed by atoms with Crippen LogP contribution in [0, 0.1) is 0 Å². The highest BCUT2D eigenvalue weighted by Gasteiger charge is 2.01. The van der Waals surface area contributed by atoms with Gasteiger partial charge in [0, 0.05) is 31.3 Å². The van der Waals surface area contributed by atoms with E-state index in [1.807, 2.05) is 16.0 Å². The van der Waals surface area contributed by atoms with Crippen molar-refractivity contribution in [2.45, 2.75) is 0 Å². The molecule has 5 nitrogen and oxygen atoms in total. The Morgan fingerprint density at radius 3 is 3.41 bits per heavy atom. The third-order valence-electron chi connectivity index (χ3n) is 2.19. The number of nitrogens with one attached hydrogen (secondary N) is 1. The van der Waals surface area contributed by atoms with Gasteiger partial charge in [0.2, 0.25) is 5.91 Å². The van der Waals surface area contributed by atoms with Gasteiger partial charge in [0.1, 0.15) is 0 Å². The lowest BCUT2D eigenvalue weighted by Crippen LogP contribution is -2.24. The SMILES string of the molecule is COCCNC(=O)/C=C/c1cnc2sccn12. The number of carbonyl (C=O) groups is 1. The number of methoxy groups -OCH3 is 1. The predicted molar refractivity (Wildman–Crippen MR) is 67.0 cm³/mol. The van der Waals surface area contributed by atoms with E-state index in [-0.39, 0.29) is 5.91 Å². The van der Waals surface area contributed by atoms with Crippen molar-refractivity contribution >= 4 is 28.3 Å². The highest BCUT2D eigenvalue weighted by atomic mass is 32.1. The molecule has 0 radical (unpaired) electrons. The summed E-state index contributed by atoms with van der Waals surface area (Å²) < 4.78 is 6.77. The van der Waals surface area contributed by atoms with Gasteiger partial charge in [-0.15, -0.1) is 11.3 Å². The van der Waals surface area contributed by atoms with Crippen molar-refractivity contribution in [3.05, 3.63) is 29.5 Å². The Morgan fingerprint density at radius 2 is 2.59 bits per heavy atom. The predicted octanol–water partition coefficient (Wildman–Crippen LogP) is 1.17. The van der Waals surface area contributed by atoms with Crippen LogP contribution < -0.4 is 5.32 Å². The highest BCUT2D eigenvalue weighted by Crippen LogP contribution is 2.13. The fourth-order valence-electron chi connectivity index (χ4n) is 1.37. The third-order valence-corrected chi connectivity index (χ3v) is 2.96. The molecule has 6 heteroatoms. The smallest absolute Gasteiger partial charge is 0.244 e. The Bertz CT molecular complexity index is 530. The minimum absolute atomic E-state index is 0.132. The zero-order valence-corrected chi connectivity index (χ0v) is 10.2. The van der Waals surface area contributed by atoms with Crippen molar-refractivity contribution in [2.24, 2.45) is 0 Å². The molecule has 0 saturated heterocycles. The molecular formula is C11H13N3O2S. The summed E-state index contributed by atoms with van der Waals surface area (Å²) in [5.41, 5.74) is 0.892. The first kappa shape index (κ1) is 11.8. The van der Waals surface area contributed by atoms with Crippen molar-refractivity contribution in [1.82, 2.24) is 14.7 Å². The second-order valence-corrected chi connectivity index (χ2v) is 4.23. The molecule has 0 fully saturated rings. The summed E-state index contributed by atoms with van der Waals surface area (Å²) in [6.07, 6.45) is 6.91. The first-order valence-electron chi connectivity index (χ1n) is 5.16. The van der Waals surface area contributed by atoms with E-state index in [1.54, 1.807) is 30.7 Å². The molecule has 2 aromatic rings. The molecule has 2 heterocycles. The van der Waals surface area contributed by atoms with Gasteiger partial charge in [-0.1, -0.05) is 0 Å². The summed E-state index contributed by atoms with van der Waals surface area (Å²) in [6.45, 7) is 1.03. The van der Waals surface area contributed by atoms with E-state index in [4.69, 9.17) is 4.74 Å². The van der Waals surface area contributed by atoms with Crippen LogP contribution in [0.3, 0.4) is 0 Å². The largest absolute Gasteiger partial charge is 0.383 e. The molecule has 1 amide bonds. The van der Waals surface area contributed by atoms with Crippen LogP contribution >= 0.6 is 11.3 Å². The number of aromatic nitrogens is 2. The molecule has 0 aromatic carbocycles. The van der Waals surface area contributed by atoms with E-state index in [0.717, 1.165) is 10.7 Å². The summed E-state index contributed by atoms with van der Waals surface area (Å²) >= 11 is 1.56. The highest BCUT2D eigenvalue weighted by molar-refractivity contribution is 7.15. The molecular weight excluding hydrogens is 238 g/mol. The molecule has 0 spiro atoms. The number of amides is 1. The van der Waals surface area contributed by atoms with Crippen LogP contribution in [-0.2, 0) is 9.53 Å². The summed E-state index contributed by atoms with van der Waals surface area (Å²) in [5.74, 6) is -0.132. The zero-order chi connectivity index (χ0) is 12.1. The monoisotopic (exact) mass is 251 g/mol. The second-order valence-electron chi connectivity index (χ2n) is 3.36. The van der Waals surface area contributed by atoms with Crippen LogP contribution in [0.1, 0.15) is 5.69 Å². The molecule has 17 heavy (non-hydrogen) atoms. The maximum Gasteiger partial charge on any atom is 0.244 e. The number of nitrogens with zero attached hydrogens (tertiary/aromatic N) is 2. The minimum atomic E-state index is -0.132. The number of fused-ring (bicyclic) bond motifs is 1. The average Bonchev–Trinajstić information content (AvgIpc) is 2.89. The fraction of sp³-hybridized carbons (Fsp3) is 0.273. The quantitative estimate of drug-likeness (QED) is 0.641. The van der Waals surface area contributed by atoms with Gasteiger partial charge in [0.05, 0.1) is 18.5 Å². The van der Waals surface area contributed by atoms with Crippen LogP contribution in [-0.4, -0.2) is 35.6 Å². The molecule has 0 atom stereocenters. The molecule has 0 bridgehead atoms. The van der Waals surface area contributed by atoms with Gasteiger partial charge >= 0.3 is 0 Å². The van der Waals surface area contributed by atoms with E-state index in [2.05, 4.69) is 10.3 Å². The molecule has 2 aromatic heterocycles. The number of rotatable bonds is 5. The van der Waals surface area contributed by atoms with Gasteiger partial charge in [-0.3, -0.25) is 9.20 Å². The lowest BCUT2D eigenvalue weighted by molar-refractivity contribution is -0.116. The Morgan fingerprint density at radius 1 is 1.71 bits per heavy atom. The Hall–Kier alpha value is -1.66. The molecule has 1 N–H and O–H groups in total. The molecule has 0 aliphatic heterocycles.